The van der Waals surface area contributed by atoms with Gasteiger partial charge in [-0.15, -0.1) is 0 Å². The van der Waals surface area contributed by atoms with E-state index in [1.807, 2.05) is 6.07 Å². The molecule has 23 heavy (non-hydrogen) atoms. The van der Waals surface area contributed by atoms with Crippen molar-refractivity contribution in [2.45, 2.75) is 6.42 Å². The first kappa shape index (κ1) is 16.5. The van der Waals surface area contributed by atoms with E-state index in [-0.39, 0.29) is 17.9 Å². The Kier molecular flexibility index (Phi) is 5.72. The first-order valence-corrected chi connectivity index (χ1v) is 7.14. The van der Waals surface area contributed by atoms with Gasteiger partial charge in [0.1, 0.15) is 11.6 Å². The second-order valence-electron chi connectivity index (χ2n) is 4.99. The molecule has 1 saturated heterocycles. The molecule has 1 aliphatic rings. The van der Waals surface area contributed by atoms with Crippen LogP contribution >= 0.6 is 0 Å². The first-order valence-electron chi connectivity index (χ1n) is 7.14. The molecule has 0 saturated carbocycles. The van der Waals surface area contributed by atoms with E-state index in [1.54, 1.807) is 29.2 Å². The zero-order valence-electron chi connectivity index (χ0n) is 12.5. The number of nitriles is 1. The zero-order chi connectivity index (χ0) is 16.7. The van der Waals surface area contributed by atoms with Crippen LogP contribution < -0.4 is 5.32 Å². The normalized spacial score (nSPS) is 14.9. The molecule has 2 rings (SSSR count). The third-order valence-corrected chi connectivity index (χ3v) is 3.34. The number of benzene rings is 1. The fraction of sp³-hybridized carbons (Fsp3) is 0.312. The van der Waals surface area contributed by atoms with E-state index in [9.17, 15) is 9.59 Å². The highest BCUT2D eigenvalue weighted by atomic mass is 16.5. The van der Waals surface area contributed by atoms with Gasteiger partial charge >= 0.3 is 5.97 Å². The Labute approximate surface area is 133 Å². The highest BCUT2D eigenvalue weighted by molar-refractivity contribution is 5.97. The van der Waals surface area contributed by atoms with Crippen LogP contribution in [0.4, 0.5) is 5.69 Å². The van der Waals surface area contributed by atoms with Crippen LogP contribution in [-0.4, -0.2) is 48.2 Å². The summed E-state index contributed by atoms with van der Waals surface area (Å²) in [5.74, 6) is -1.22. The lowest BCUT2D eigenvalue weighted by molar-refractivity contribution is -0.136. The van der Waals surface area contributed by atoms with Gasteiger partial charge in [0.05, 0.1) is 19.6 Å². The Morgan fingerprint density at radius 3 is 2.52 bits per heavy atom. The Bertz CT molecular complexity index is 640. The predicted molar refractivity (Wildman–Crippen MR) is 82.5 cm³/mol. The van der Waals surface area contributed by atoms with Crippen LogP contribution in [0, 0.1) is 11.3 Å². The summed E-state index contributed by atoms with van der Waals surface area (Å²) in [6, 6.07) is 8.65. The molecule has 1 aliphatic heterocycles. The van der Waals surface area contributed by atoms with Gasteiger partial charge in [0.25, 0.3) is 5.91 Å². The number of carboxylic acid groups (broad SMARTS) is 1. The number of aliphatic carboxylic acids is 1. The molecule has 0 radical (unpaired) electrons. The summed E-state index contributed by atoms with van der Waals surface area (Å²) in [6.45, 7) is 1.90. The Morgan fingerprint density at radius 2 is 1.96 bits per heavy atom. The molecule has 7 heteroatoms. The summed E-state index contributed by atoms with van der Waals surface area (Å²) in [5.41, 5.74) is 1.36. The van der Waals surface area contributed by atoms with E-state index in [4.69, 9.17) is 15.1 Å². The maximum absolute atomic E-state index is 12.2. The van der Waals surface area contributed by atoms with Crippen molar-refractivity contribution < 1.29 is 19.4 Å². The number of morpholine rings is 1. The summed E-state index contributed by atoms with van der Waals surface area (Å²) in [7, 11) is 0. The smallest absolute Gasteiger partial charge is 0.307 e. The third-order valence-electron chi connectivity index (χ3n) is 3.34. The Balaban J connectivity index is 2.00. The summed E-state index contributed by atoms with van der Waals surface area (Å²) < 4.78 is 5.18. The highest BCUT2D eigenvalue weighted by Crippen LogP contribution is 2.12. The third kappa shape index (κ3) is 4.83. The number of carbonyl (C=O) groups is 2. The van der Waals surface area contributed by atoms with E-state index in [1.165, 1.54) is 6.20 Å². The molecule has 0 spiro atoms. The van der Waals surface area contributed by atoms with E-state index in [0.717, 1.165) is 0 Å². The quantitative estimate of drug-likeness (QED) is 0.620. The average molecular weight is 315 g/mol. The number of anilines is 1. The molecule has 2 N–H and O–H groups in total. The van der Waals surface area contributed by atoms with Crippen LogP contribution in [0.1, 0.15) is 5.56 Å². The molecule has 120 valence electrons. The topological polar surface area (TPSA) is 103 Å². The van der Waals surface area contributed by atoms with Gasteiger partial charge in [0.2, 0.25) is 0 Å². The van der Waals surface area contributed by atoms with Crippen LogP contribution in [0.2, 0.25) is 0 Å². The maximum atomic E-state index is 12.2. The van der Waals surface area contributed by atoms with Crippen molar-refractivity contribution in [2.75, 3.05) is 31.6 Å². The van der Waals surface area contributed by atoms with Gasteiger partial charge in [0, 0.05) is 25.0 Å². The average Bonchev–Trinajstić information content (AvgIpc) is 2.57. The molecule has 0 aliphatic carbocycles. The summed E-state index contributed by atoms with van der Waals surface area (Å²) in [4.78, 5) is 24.4. The molecule has 0 aromatic heterocycles. The van der Waals surface area contributed by atoms with Gasteiger partial charge in [-0.1, -0.05) is 12.1 Å². The van der Waals surface area contributed by atoms with Crippen molar-refractivity contribution in [2.24, 2.45) is 0 Å². The summed E-state index contributed by atoms with van der Waals surface area (Å²) in [6.07, 6.45) is 1.32. The first-order chi connectivity index (χ1) is 11.1. The number of amides is 1. The number of rotatable bonds is 5. The van der Waals surface area contributed by atoms with E-state index >= 15 is 0 Å². The van der Waals surface area contributed by atoms with Gasteiger partial charge in [-0.3, -0.25) is 9.59 Å². The number of nitrogens with zero attached hydrogens (tertiary/aromatic N) is 2. The minimum atomic E-state index is -0.895. The van der Waals surface area contributed by atoms with Crippen molar-refractivity contribution >= 4 is 17.6 Å². The minimum Gasteiger partial charge on any atom is -0.481 e. The predicted octanol–water partition coefficient (Wildman–Crippen LogP) is 0.992. The van der Waals surface area contributed by atoms with Crippen molar-refractivity contribution in [1.82, 2.24) is 4.90 Å². The molecule has 1 heterocycles. The fourth-order valence-corrected chi connectivity index (χ4v) is 2.13. The second-order valence-corrected chi connectivity index (χ2v) is 4.99. The lowest BCUT2D eigenvalue weighted by Crippen LogP contribution is -2.41. The van der Waals surface area contributed by atoms with E-state index < -0.39 is 5.97 Å². The van der Waals surface area contributed by atoms with Crippen molar-refractivity contribution in [3.05, 3.63) is 41.6 Å². The highest BCUT2D eigenvalue weighted by Gasteiger charge is 2.20. The molecule has 0 bridgehead atoms. The zero-order valence-corrected chi connectivity index (χ0v) is 12.5. The molecule has 7 nitrogen and oxygen atoms in total. The Hall–Kier alpha value is -2.85. The summed E-state index contributed by atoms with van der Waals surface area (Å²) in [5, 5.41) is 20.7. The summed E-state index contributed by atoms with van der Waals surface area (Å²) >= 11 is 0. The standard InChI is InChI=1S/C16H17N3O4/c17-10-13(16(22)19-5-7-23-8-6-19)11-18-14-3-1-12(2-4-14)9-15(20)21/h1-4,11,18H,5-9H2,(H,20,21)/b13-11-. The molecule has 1 aromatic carbocycles. The minimum absolute atomic E-state index is 0.0153. The molecule has 1 fully saturated rings. The number of ether oxygens (including phenoxy) is 1. The number of hydrogen-bond acceptors (Lipinski definition) is 5. The number of hydrogen-bond donors (Lipinski definition) is 2. The van der Waals surface area contributed by atoms with Gasteiger partial charge < -0.3 is 20.1 Å². The van der Waals surface area contributed by atoms with Crippen LogP contribution in [0.15, 0.2) is 36.0 Å². The van der Waals surface area contributed by atoms with E-state index in [2.05, 4.69) is 5.32 Å². The second kappa shape index (κ2) is 7.96. The van der Waals surface area contributed by atoms with Gasteiger partial charge in [-0.2, -0.15) is 5.26 Å². The molecule has 1 aromatic rings. The van der Waals surface area contributed by atoms with Crippen LogP contribution in [-0.2, 0) is 20.7 Å². The van der Waals surface area contributed by atoms with Gasteiger partial charge in [0.15, 0.2) is 0 Å². The maximum Gasteiger partial charge on any atom is 0.307 e. The van der Waals surface area contributed by atoms with Crippen molar-refractivity contribution in [1.29, 1.82) is 5.26 Å². The lowest BCUT2D eigenvalue weighted by Gasteiger charge is -2.26. The molecular weight excluding hydrogens is 298 g/mol. The molecule has 0 atom stereocenters. The lowest BCUT2D eigenvalue weighted by atomic mass is 10.1. The largest absolute Gasteiger partial charge is 0.481 e. The van der Waals surface area contributed by atoms with Crippen LogP contribution in [0.3, 0.4) is 0 Å². The molecular formula is C16H17N3O4. The molecule has 0 unspecified atom stereocenters. The van der Waals surface area contributed by atoms with Crippen LogP contribution in [0.25, 0.3) is 0 Å². The van der Waals surface area contributed by atoms with E-state index in [0.29, 0.717) is 37.6 Å². The number of carboxylic acids is 1. The Morgan fingerprint density at radius 1 is 1.30 bits per heavy atom. The monoisotopic (exact) mass is 315 g/mol. The number of nitrogens with one attached hydrogen (secondary N) is 1. The van der Waals surface area contributed by atoms with Crippen molar-refractivity contribution in [3.8, 4) is 6.07 Å². The number of carbonyl (C=O) groups excluding carboxylic acids is 1. The van der Waals surface area contributed by atoms with Gasteiger partial charge in [-0.05, 0) is 17.7 Å². The van der Waals surface area contributed by atoms with Gasteiger partial charge in [-0.25, -0.2) is 0 Å². The fourth-order valence-electron chi connectivity index (χ4n) is 2.13. The van der Waals surface area contributed by atoms with Crippen LogP contribution in [0.5, 0.6) is 0 Å². The molecule has 1 amide bonds. The van der Waals surface area contributed by atoms with Crippen molar-refractivity contribution in [3.63, 3.8) is 0 Å². The SMILES string of the molecule is N#C/C(=C/Nc1ccc(CC(=O)O)cc1)C(=O)N1CCOCC1.